The Morgan fingerprint density at radius 3 is 2.48 bits per heavy atom. The summed E-state index contributed by atoms with van der Waals surface area (Å²) in [6.45, 7) is 1.65. The van der Waals surface area contributed by atoms with Crippen molar-refractivity contribution in [3.63, 3.8) is 0 Å². The topological polar surface area (TPSA) is 81.7 Å². The minimum atomic E-state index is -0.727. The molecule has 6 nitrogen and oxygen atoms in total. The van der Waals surface area contributed by atoms with Gasteiger partial charge in [0.25, 0.3) is 0 Å². The highest BCUT2D eigenvalue weighted by molar-refractivity contribution is 6.30. The summed E-state index contributed by atoms with van der Waals surface area (Å²) in [7, 11) is 0. The summed E-state index contributed by atoms with van der Waals surface area (Å²) >= 11 is 6.04. The SMILES string of the molecule is O=C(NC1CCC(C(=O)O)CC1)NC1CCN(c2cccc(Cl)c2)C1. The van der Waals surface area contributed by atoms with E-state index in [1.54, 1.807) is 0 Å². The van der Waals surface area contributed by atoms with Crippen LogP contribution in [0.1, 0.15) is 32.1 Å². The summed E-state index contributed by atoms with van der Waals surface area (Å²) in [4.78, 5) is 25.4. The fourth-order valence-electron chi connectivity index (χ4n) is 3.68. The van der Waals surface area contributed by atoms with Crippen molar-refractivity contribution in [3.05, 3.63) is 29.3 Å². The monoisotopic (exact) mass is 365 g/mol. The molecule has 2 amide bonds. The van der Waals surface area contributed by atoms with Crippen molar-refractivity contribution in [1.82, 2.24) is 10.6 Å². The average molecular weight is 366 g/mol. The van der Waals surface area contributed by atoms with Gasteiger partial charge in [0.15, 0.2) is 0 Å². The number of hydrogen-bond acceptors (Lipinski definition) is 3. The maximum absolute atomic E-state index is 12.2. The molecule has 0 bridgehead atoms. The summed E-state index contributed by atoms with van der Waals surface area (Å²) in [6.07, 6.45) is 3.61. The van der Waals surface area contributed by atoms with Crippen LogP contribution in [0.4, 0.5) is 10.5 Å². The summed E-state index contributed by atoms with van der Waals surface area (Å²) in [5.41, 5.74) is 1.07. The van der Waals surface area contributed by atoms with Crippen LogP contribution in [-0.4, -0.2) is 42.3 Å². The fraction of sp³-hybridized carbons (Fsp3) is 0.556. The molecule has 2 fully saturated rings. The average Bonchev–Trinajstić information content (AvgIpc) is 3.03. The number of halogens is 1. The minimum absolute atomic E-state index is 0.0704. The number of amides is 2. The Morgan fingerprint density at radius 1 is 1.08 bits per heavy atom. The van der Waals surface area contributed by atoms with Crippen molar-refractivity contribution in [2.24, 2.45) is 5.92 Å². The van der Waals surface area contributed by atoms with E-state index in [1.807, 2.05) is 24.3 Å². The third kappa shape index (κ3) is 4.78. The number of carbonyl (C=O) groups is 2. The van der Waals surface area contributed by atoms with E-state index in [2.05, 4.69) is 15.5 Å². The van der Waals surface area contributed by atoms with E-state index in [9.17, 15) is 9.59 Å². The number of hydrogen-bond donors (Lipinski definition) is 3. The van der Waals surface area contributed by atoms with Crippen molar-refractivity contribution >= 4 is 29.3 Å². The summed E-state index contributed by atoms with van der Waals surface area (Å²) in [5.74, 6) is -0.989. The molecule has 1 saturated heterocycles. The standard InChI is InChI=1S/C18H24ClN3O3/c19-13-2-1-3-16(10-13)22-9-8-15(11-22)21-18(25)20-14-6-4-12(5-7-14)17(23)24/h1-3,10,12,14-15H,4-9,11H2,(H,23,24)(H2,20,21,25). The Kier molecular flexibility index (Phi) is 5.68. The Labute approximate surface area is 152 Å². The first-order valence-electron chi connectivity index (χ1n) is 8.81. The molecule has 1 aliphatic heterocycles. The van der Waals surface area contributed by atoms with Crippen molar-refractivity contribution < 1.29 is 14.7 Å². The van der Waals surface area contributed by atoms with Gasteiger partial charge in [0.1, 0.15) is 0 Å². The number of anilines is 1. The predicted molar refractivity (Wildman–Crippen MR) is 97.1 cm³/mol. The van der Waals surface area contributed by atoms with Crippen LogP contribution >= 0.6 is 11.6 Å². The molecule has 1 unspecified atom stereocenters. The second kappa shape index (κ2) is 7.95. The van der Waals surface area contributed by atoms with Crippen molar-refractivity contribution in [3.8, 4) is 0 Å². The number of carbonyl (C=O) groups excluding carboxylic acids is 1. The van der Waals surface area contributed by atoms with Crippen LogP contribution in [0.25, 0.3) is 0 Å². The molecule has 136 valence electrons. The zero-order valence-electron chi connectivity index (χ0n) is 14.1. The molecule has 2 aliphatic rings. The van der Waals surface area contributed by atoms with E-state index < -0.39 is 5.97 Å². The second-order valence-electron chi connectivity index (χ2n) is 6.92. The maximum Gasteiger partial charge on any atom is 0.315 e. The molecule has 0 radical (unpaired) electrons. The van der Waals surface area contributed by atoms with Gasteiger partial charge in [0.2, 0.25) is 0 Å². The molecule has 1 atom stereocenters. The summed E-state index contributed by atoms with van der Waals surface area (Å²) < 4.78 is 0. The first-order chi connectivity index (χ1) is 12.0. The maximum atomic E-state index is 12.2. The lowest BCUT2D eigenvalue weighted by molar-refractivity contribution is -0.142. The first kappa shape index (κ1) is 17.9. The van der Waals surface area contributed by atoms with Gasteiger partial charge in [-0.05, 0) is 50.3 Å². The van der Waals surface area contributed by atoms with Gasteiger partial charge in [-0.15, -0.1) is 0 Å². The molecule has 0 aromatic heterocycles. The van der Waals surface area contributed by atoms with Gasteiger partial charge >= 0.3 is 12.0 Å². The number of nitrogens with zero attached hydrogens (tertiary/aromatic N) is 1. The highest BCUT2D eigenvalue weighted by Gasteiger charge is 2.28. The Bertz CT molecular complexity index is 632. The van der Waals surface area contributed by atoms with E-state index in [1.165, 1.54) is 0 Å². The van der Waals surface area contributed by atoms with Gasteiger partial charge in [0.05, 0.1) is 5.92 Å². The van der Waals surface area contributed by atoms with E-state index in [0.717, 1.165) is 38.0 Å². The van der Waals surface area contributed by atoms with Crippen LogP contribution in [0.2, 0.25) is 5.02 Å². The number of carboxylic acids is 1. The number of nitrogens with one attached hydrogen (secondary N) is 2. The largest absolute Gasteiger partial charge is 0.481 e. The number of aliphatic carboxylic acids is 1. The highest BCUT2D eigenvalue weighted by Crippen LogP contribution is 2.25. The number of benzene rings is 1. The molecule has 25 heavy (non-hydrogen) atoms. The van der Waals surface area contributed by atoms with Crippen molar-refractivity contribution in [2.75, 3.05) is 18.0 Å². The summed E-state index contributed by atoms with van der Waals surface area (Å²) in [6, 6.07) is 7.76. The molecular weight excluding hydrogens is 342 g/mol. The molecule has 3 N–H and O–H groups in total. The van der Waals surface area contributed by atoms with Crippen LogP contribution < -0.4 is 15.5 Å². The second-order valence-corrected chi connectivity index (χ2v) is 7.35. The zero-order valence-corrected chi connectivity index (χ0v) is 14.8. The predicted octanol–water partition coefficient (Wildman–Crippen LogP) is 2.86. The minimum Gasteiger partial charge on any atom is -0.481 e. The van der Waals surface area contributed by atoms with Gasteiger partial charge in [0, 0.05) is 35.9 Å². The quantitative estimate of drug-likeness (QED) is 0.766. The zero-order chi connectivity index (χ0) is 17.8. The van der Waals surface area contributed by atoms with Crippen molar-refractivity contribution in [2.45, 2.75) is 44.2 Å². The van der Waals surface area contributed by atoms with E-state index >= 15 is 0 Å². The Balaban J connectivity index is 1.43. The highest BCUT2D eigenvalue weighted by atomic mass is 35.5. The lowest BCUT2D eigenvalue weighted by Crippen LogP contribution is -2.48. The van der Waals surface area contributed by atoms with Gasteiger partial charge in [-0.25, -0.2) is 4.79 Å². The molecule has 1 aromatic carbocycles. The number of urea groups is 1. The molecule has 0 spiro atoms. The van der Waals surface area contributed by atoms with E-state index in [-0.39, 0.29) is 24.0 Å². The molecule has 1 aliphatic carbocycles. The molecule has 1 heterocycles. The van der Waals surface area contributed by atoms with Crippen LogP contribution in [0, 0.1) is 5.92 Å². The van der Waals surface area contributed by atoms with Crippen LogP contribution in [-0.2, 0) is 4.79 Å². The normalized spacial score (nSPS) is 26.3. The van der Waals surface area contributed by atoms with E-state index in [0.29, 0.717) is 17.9 Å². The number of carboxylic acid groups (broad SMARTS) is 1. The van der Waals surface area contributed by atoms with Gasteiger partial charge in [-0.2, -0.15) is 0 Å². The fourth-order valence-corrected chi connectivity index (χ4v) is 3.87. The molecule has 1 aromatic rings. The summed E-state index contributed by atoms with van der Waals surface area (Å²) in [5, 5.41) is 15.8. The molecule has 7 heteroatoms. The van der Waals surface area contributed by atoms with Gasteiger partial charge < -0.3 is 20.6 Å². The lowest BCUT2D eigenvalue weighted by atomic mass is 9.86. The van der Waals surface area contributed by atoms with E-state index in [4.69, 9.17) is 16.7 Å². The van der Waals surface area contributed by atoms with Crippen LogP contribution in [0.3, 0.4) is 0 Å². The third-order valence-electron chi connectivity index (χ3n) is 5.11. The Morgan fingerprint density at radius 2 is 1.80 bits per heavy atom. The smallest absolute Gasteiger partial charge is 0.315 e. The van der Waals surface area contributed by atoms with Crippen molar-refractivity contribution in [1.29, 1.82) is 0 Å². The van der Waals surface area contributed by atoms with Crippen LogP contribution in [0.5, 0.6) is 0 Å². The Hall–Kier alpha value is -1.95. The van der Waals surface area contributed by atoms with Gasteiger partial charge in [-0.3, -0.25) is 4.79 Å². The van der Waals surface area contributed by atoms with Crippen LogP contribution in [0.15, 0.2) is 24.3 Å². The first-order valence-corrected chi connectivity index (χ1v) is 9.19. The molecule has 1 saturated carbocycles. The number of rotatable bonds is 4. The lowest BCUT2D eigenvalue weighted by Gasteiger charge is -2.27. The van der Waals surface area contributed by atoms with Gasteiger partial charge in [-0.1, -0.05) is 17.7 Å². The molecule has 3 rings (SSSR count). The molecular formula is C18H24ClN3O3. The third-order valence-corrected chi connectivity index (χ3v) is 5.34.